The SMILES string of the molecule is O[Se](O)(O)O. The second kappa shape index (κ2) is 1.22. The molecule has 4 N–H and O–H groups in total. The fraction of sp³-hybridized carbons (Fsp3) is 0. The van der Waals surface area contributed by atoms with Crippen LogP contribution in [-0.2, 0) is 0 Å². The number of rotatable bonds is 0. The molecule has 0 rings (SSSR count). The van der Waals surface area contributed by atoms with E-state index in [2.05, 4.69) is 0 Å². The summed E-state index contributed by atoms with van der Waals surface area (Å²) >= 11 is -4.75. The van der Waals surface area contributed by atoms with Crippen LogP contribution in [0.2, 0.25) is 0 Å². The average molecular weight is 147 g/mol. The van der Waals surface area contributed by atoms with E-state index < -0.39 is 14.2 Å². The Labute approximate surface area is 31.8 Å². The van der Waals surface area contributed by atoms with E-state index in [1.165, 1.54) is 0 Å². The Morgan fingerprint density at radius 2 is 0.800 bits per heavy atom. The first kappa shape index (κ1) is 5.36. The Morgan fingerprint density at radius 3 is 0.800 bits per heavy atom. The number of hydrogen-bond acceptors (Lipinski definition) is 4. The van der Waals surface area contributed by atoms with Crippen molar-refractivity contribution in [3.8, 4) is 0 Å². The van der Waals surface area contributed by atoms with Crippen LogP contribution in [0.4, 0.5) is 0 Å². The van der Waals surface area contributed by atoms with Gasteiger partial charge in [-0.2, -0.15) is 0 Å². The monoisotopic (exact) mass is 148 g/mol. The van der Waals surface area contributed by atoms with Crippen molar-refractivity contribution in [2.45, 2.75) is 0 Å². The first-order valence-corrected chi connectivity index (χ1v) is 3.79. The normalized spacial score (nSPS) is 15.2. The van der Waals surface area contributed by atoms with Crippen LogP contribution in [0.3, 0.4) is 0 Å². The Hall–Kier alpha value is 0.359. The first-order valence-electron chi connectivity index (χ1n) is 0.730. The summed E-state index contributed by atoms with van der Waals surface area (Å²) in [6.07, 6.45) is 0. The van der Waals surface area contributed by atoms with Gasteiger partial charge in [-0.15, -0.1) is 0 Å². The van der Waals surface area contributed by atoms with Gasteiger partial charge in [-0.3, -0.25) is 0 Å². The molecule has 0 spiro atoms. The second-order valence-electron chi connectivity index (χ2n) is 0.490. The van der Waals surface area contributed by atoms with E-state index in [-0.39, 0.29) is 0 Å². The van der Waals surface area contributed by atoms with Gasteiger partial charge in [0.1, 0.15) is 0 Å². The van der Waals surface area contributed by atoms with Gasteiger partial charge in [0.2, 0.25) is 0 Å². The van der Waals surface area contributed by atoms with Gasteiger partial charge < -0.3 is 0 Å². The molecule has 0 aliphatic heterocycles. The van der Waals surface area contributed by atoms with Gasteiger partial charge in [0.05, 0.1) is 0 Å². The quantitative estimate of drug-likeness (QED) is 0.283. The summed E-state index contributed by atoms with van der Waals surface area (Å²) < 4.78 is 29.4. The maximum atomic E-state index is 7.34. The molecule has 34 valence electrons. The van der Waals surface area contributed by atoms with Crippen molar-refractivity contribution in [3.05, 3.63) is 0 Å². The molecular formula is H4O4Se. The number of hydrogen-bond donors (Lipinski definition) is 4. The molecule has 0 saturated carbocycles. The van der Waals surface area contributed by atoms with E-state index in [4.69, 9.17) is 16.8 Å². The van der Waals surface area contributed by atoms with Gasteiger partial charge in [0, 0.05) is 0 Å². The summed E-state index contributed by atoms with van der Waals surface area (Å²) in [7, 11) is 0. The minimum atomic E-state index is -4.75. The van der Waals surface area contributed by atoms with Crippen LogP contribution in [0.5, 0.6) is 0 Å². The van der Waals surface area contributed by atoms with Crippen LogP contribution in [0, 0.1) is 0 Å². The average Bonchev–Trinajstić information content (AvgIpc) is 0.722. The van der Waals surface area contributed by atoms with Crippen molar-refractivity contribution >= 4 is 14.2 Å². The van der Waals surface area contributed by atoms with Gasteiger partial charge in [-0.25, -0.2) is 0 Å². The van der Waals surface area contributed by atoms with Crippen LogP contribution in [0.15, 0.2) is 0 Å². The van der Waals surface area contributed by atoms with Crippen molar-refractivity contribution in [2.75, 3.05) is 0 Å². The van der Waals surface area contributed by atoms with Crippen molar-refractivity contribution in [2.24, 2.45) is 0 Å². The van der Waals surface area contributed by atoms with E-state index in [1.807, 2.05) is 0 Å². The summed E-state index contributed by atoms with van der Waals surface area (Å²) in [5, 5.41) is 0. The molecule has 0 amide bonds. The molecule has 0 fully saturated rings. The van der Waals surface area contributed by atoms with Crippen LogP contribution in [-0.4, -0.2) is 30.9 Å². The molecule has 5 heteroatoms. The van der Waals surface area contributed by atoms with Gasteiger partial charge in [0.15, 0.2) is 0 Å². The zero-order valence-electron chi connectivity index (χ0n) is 2.20. The fourth-order valence-electron chi connectivity index (χ4n) is 0. The van der Waals surface area contributed by atoms with Gasteiger partial charge in [-0.05, 0) is 0 Å². The molecule has 0 aliphatic carbocycles. The molecule has 0 atom stereocenters. The summed E-state index contributed by atoms with van der Waals surface area (Å²) in [6.45, 7) is 0. The summed E-state index contributed by atoms with van der Waals surface area (Å²) in [5.74, 6) is 0. The first-order chi connectivity index (χ1) is 2.00. The third-order valence-electron chi connectivity index (χ3n) is 0. The molecule has 0 saturated heterocycles. The van der Waals surface area contributed by atoms with Crippen molar-refractivity contribution < 1.29 is 16.8 Å². The standard InChI is InChI=1S/H4O4Se/c1-5(2,3)4/h1-4H. The van der Waals surface area contributed by atoms with Gasteiger partial charge >= 0.3 is 30.9 Å². The van der Waals surface area contributed by atoms with Crippen molar-refractivity contribution in [1.82, 2.24) is 0 Å². The topological polar surface area (TPSA) is 80.9 Å². The molecular weight excluding hydrogens is 143 g/mol. The third-order valence-corrected chi connectivity index (χ3v) is 0. The molecule has 0 aliphatic rings. The molecule has 0 unspecified atom stereocenters. The zero-order valence-corrected chi connectivity index (χ0v) is 3.91. The molecule has 0 aromatic heterocycles. The predicted molar refractivity (Wildman–Crippen MR) is 14.6 cm³/mol. The second-order valence-corrected chi connectivity index (χ2v) is 2.55. The molecule has 5 heavy (non-hydrogen) atoms. The Balaban J connectivity index is 3.02. The Kier molecular flexibility index (Phi) is 1.30. The molecule has 0 bridgehead atoms. The molecule has 0 heterocycles. The summed E-state index contributed by atoms with van der Waals surface area (Å²) in [5.41, 5.74) is 0. The Bertz CT molecular complexity index is 19.1. The fourth-order valence-corrected chi connectivity index (χ4v) is 0. The van der Waals surface area contributed by atoms with E-state index >= 15 is 0 Å². The van der Waals surface area contributed by atoms with Crippen LogP contribution >= 0.6 is 0 Å². The Morgan fingerprint density at radius 1 is 0.800 bits per heavy atom. The van der Waals surface area contributed by atoms with Crippen LogP contribution in [0.1, 0.15) is 0 Å². The van der Waals surface area contributed by atoms with E-state index in [1.54, 1.807) is 0 Å². The van der Waals surface area contributed by atoms with Crippen molar-refractivity contribution in [1.29, 1.82) is 0 Å². The van der Waals surface area contributed by atoms with Gasteiger partial charge in [0.25, 0.3) is 0 Å². The van der Waals surface area contributed by atoms with Gasteiger partial charge in [-0.1, -0.05) is 0 Å². The van der Waals surface area contributed by atoms with E-state index in [9.17, 15) is 0 Å². The maximum absolute atomic E-state index is 7.34. The molecule has 0 radical (unpaired) electrons. The summed E-state index contributed by atoms with van der Waals surface area (Å²) in [4.78, 5) is 0. The summed E-state index contributed by atoms with van der Waals surface area (Å²) in [6, 6.07) is 0. The van der Waals surface area contributed by atoms with E-state index in [0.29, 0.717) is 0 Å². The molecule has 4 nitrogen and oxygen atoms in total. The molecule has 0 aromatic carbocycles. The zero-order chi connectivity index (χ0) is 4.50. The van der Waals surface area contributed by atoms with E-state index in [0.717, 1.165) is 0 Å². The van der Waals surface area contributed by atoms with Crippen LogP contribution < -0.4 is 0 Å². The van der Waals surface area contributed by atoms with Crippen LogP contribution in [0.25, 0.3) is 0 Å². The predicted octanol–water partition coefficient (Wildman–Crippen LogP) is -2.61. The third kappa shape index (κ3) is 188. The minimum absolute atomic E-state index is 4.75. The van der Waals surface area contributed by atoms with Crippen molar-refractivity contribution in [3.63, 3.8) is 0 Å². The molecule has 0 aromatic rings.